The van der Waals surface area contributed by atoms with Gasteiger partial charge in [0.2, 0.25) is 5.89 Å². The summed E-state index contributed by atoms with van der Waals surface area (Å²) >= 11 is 0. The molecule has 3 rings (SSSR count). The average Bonchev–Trinajstić information content (AvgIpc) is 3.00. The second kappa shape index (κ2) is 5.16. The summed E-state index contributed by atoms with van der Waals surface area (Å²) in [5.41, 5.74) is 8.61. The smallest absolute Gasteiger partial charge is 0.248 e. The Balaban J connectivity index is 1.70. The number of hydrogen-bond donors (Lipinski definition) is 1. The molecular weight excluding hydrogens is 254 g/mol. The maximum Gasteiger partial charge on any atom is 0.248 e. The van der Waals surface area contributed by atoms with Crippen LogP contribution in [-0.2, 0) is 13.0 Å². The van der Waals surface area contributed by atoms with E-state index in [0.29, 0.717) is 30.4 Å². The van der Waals surface area contributed by atoms with Crippen molar-refractivity contribution in [2.45, 2.75) is 19.9 Å². The van der Waals surface area contributed by atoms with Crippen LogP contribution in [0, 0.1) is 6.92 Å². The molecular formula is C14H15N5O. The van der Waals surface area contributed by atoms with Gasteiger partial charge in [-0.15, -0.1) is 0 Å². The SMILES string of the molecule is Cc1cccc(Cc2noc(Cn3cc(N)cn3)n2)c1. The van der Waals surface area contributed by atoms with Gasteiger partial charge in [-0.05, 0) is 12.5 Å². The van der Waals surface area contributed by atoms with Crippen LogP contribution in [0.5, 0.6) is 0 Å². The third-order valence-corrected chi connectivity index (χ3v) is 2.91. The summed E-state index contributed by atoms with van der Waals surface area (Å²) in [6, 6.07) is 8.26. The summed E-state index contributed by atoms with van der Waals surface area (Å²) in [6.07, 6.45) is 3.97. The predicted octanol–water partition coefficient (Wildman–Crippen LogP) is 1.80. The zero-order valence-corrected chi connectivity index (χ0v) is 11.2. The van der Waals surface area contributed by atoms with E-state index in [1.54, 1.807) is 17.1 Å². The molecule has 6 nitrogen and oxygen atoms in total. The Morgan fingerprint density at radius 3 is 3.00 bits per heavy atom. The van der Waals surface area contributed by atoms with E-state index >= 15 is 0 Å². The average molecular weight is 269 g/mol. The lowest BCUT2D eigenvalue weighted by Crippen LogP contribution is -2.00. The van der Waals surface area contributed by atoms with E-state index in [4.69, 9.17) is 10.3 Å². The van der Waals surface area contributed by atoms with Crippen molar-refractivity contribution < 1.29 is 4.52 Å². The first-order valence-corrected chi connectivity index (χ1v) is 6.34. The van der Waals surface area contributed by atoms with E-state index in [2.05, 4.69) is 40.4 Å². The van der Waals surface area contributed by atoms with Gasteiger partial charge in [-0.3, -0.25) is 4.68 Å². The van der Waals surface area contributed by atoms with Gasteiger partial charge < -0.3 is 10.3 Å². The van der Waals surface area contributed by atoms with E-state index in [-0.39, 0.29) is 0 Å². The van der Waals surface area contributed by atoms with Crippen molar-refractivity contribution in [3.63, 3.8) is 0 Å². The van der Waals surface area contributed by atoms with E-state index in [1.165, 1.54) is 11.1 Å². The molecule has 3 aromatic rings. The molecule has 102 valence electrons. The Morgan fingerprint density at radius 1 is 1.35 bits per heavy atom. The van der Waals surface area contributed by atoms with Gasteiger partial charge in [0.25, 0.3) is 0 Å². The van der Waals surface area contributed by atoms with E-state index in [1.807, 2.05) is 6.07 Å². The Labute approximate surface area is 116 Å². The van der Waals surface area contributed by atoms with Crippen molar-refractivity contribution in [2.24, 2.45) is 0 Å². The molecule has 0 aliphatic heterocycles. The molecule has 0 saturated carbocycles. The van der Waals surface area contributed by atoms with Crippen molar-refractivity contribution >= 4 is 5.69 Å². The largest absolute Gasteiger partial charge is 0.396 e. The number of nitrogens with zero attached hydrogens (tertiary/aromatic N) is 4. The van der Waals surface area contributed by atoms with Crippen molar-refractivity contribution in [3.8, 4) is 0 Å². The molecule has 0 atom stereocenters. The maximum absolute atomic E-state index is 5.60. The summed E-state index contributed by atoms with van der Waals surface area (Å²) < 4.78 is 6.88. The minimum Gasteiger partial charge on any atom is -0.396 e. The van der Waals surface area contributed by atoms with Gasteiger partial charge in [0, 0.05) is 12.6 Å². The molecule has 0 aliphatic carbocycles. The van der Waals surface area contributed by atoms with Gasteiger partial charge in [-0.1, -0.05) is 35.0 Å². The minimum atomic E-state index is 0.429. The van der Waals surface area contributed by atoms with Crippen LogP contribution in [0.1, 0.15) is 22.8 Å². The number of hydrogen-bond acceptors (Lipinski definition) is 5. The first kappa shape index (κ1) is 12.4. The molecule has 0 radical (unpaired) electrons. The van der Waals surface area contributed by atoms with Gasteiger partial charge in [0.05, 0.1) is 11.9 Å². The van der Waals surface area contributed by atoms with E-state index in [9.17, 15) is 0 Å². The first-order valence-electron chi connectivity index (χ1n) is 6.34. The number of aromatic nitrogens is 4. The summed E-state index contributed by atoms with van der Waals surface area (Å²) in [6.45, 7) is 2.49. The van der Waals surface area contributed by atoms with Gasteiger partial charge >= 0.3 is 0 Å². The lowest BCUT2D eigenvalue weighted by atomic mass is 10.1. The molecule has 2 N–H and O–H groups in total. The molecule has 0 spiro atoms. The van der Waals surface area contributed by atoms with Crippen LogP contribution in [0.2, 0.25) is 0 Å². The Kier molecular flexibility index (Phi) is 3.20. The molecule has 0 amide bonds. The highest BCUT2D eigenvalue weighted by Crippen LogP contribution is 2.10. The fraction of sp³-hybridized carbons (Fsp3) is 0.214. The highest BCUT2D eigenvalue weighted by molar-refractivity contribution is 5.30. The first-order chi connectivity index (χ1) is 9.69. The Morgan fingerprint density at radius 2 is 2.25 bits per heavy atom. The Bertz CT molecular complexity index is 716. The fourth-order valence-corrected chi connectivity index (χ4v) is 2.04. The highest BCUT2D eigenvalue weighted by Gasteiger charge is 2.08. The molecule has 0 saturated heterocycles. The number of rotatable bonds is 4. The van der Waals surface area contributed by atoms with Crippen LogP contribution in [0.25, 0.3) is 0 Å². The lowest BCUT2D eigenvalue weighted by Gasteiger charge is -1.98. The molecule has 6 heteroatoms. The van der Waals surface area contributed by atoms with Gasteiger partial charge in [0.15, 0.2) is 5.82 Å². The molecule has 0 bridgehead atoms. The van der Waals surface area contributed by atoms with Crippen LogP contribution < -0.4 is 5.73 Å². The van der Waals surface area contributed by atoms with Gasteiger partial charge in [0.1, 0.15) is 6.54 Å². The standard InChI is InChI=1S/C14H15N5O/c1-10-3-2-4-11(5-10)6-13-17-14(20-18-13)9-19-8-12(15)7-16-19/h2-5,7-8H,6,9,15H2,1H3. The van der Waals surface area contributed by atoms with Crippen molar-refractivity contribution in [3.05, 3.63) is 59.5 Å². The topological polar surface area (TPSA) is 82.8 Å². The molecule has 0 aliphatic rings. The van der Waals surface area contributed by atoms with Crippen LogP contribution in [0.4, 0.5) is 5.69 Å². The summed E-state index contributed by atoms with van der Waals surface area (Å²) in [4.78, 5) is 4.36. The van der Waals surface area contributed by atoms with Crippen LogP contribution in [0.15, 0.2) is 41.2 Å². The zero-order chi connectivity index (χ0) is 13.9. The third-order valence-electron chi connectivity index (χ3n) is 2.91. The zero-order valence-electron chi connectivity index (χ0n) is 11.2. The van der Waals surface area contributed by atoms with Gasteiger partial charge in [-0.25, -0.2) is 0 Å². The normalized spacial score (nSPS) is 10.8. The molecule has 0 fully saturated rings. The molecule has 2 aromatic heterocycles. The number of nitrogens with two attached hydrogens (primary N) is 1. The fourth-order valence-electron chi connectivity index (χ4n) is 2.04. The van der Waals surface area contributed by atoms with E-state index in [0.717, 1.165) is 0 Å². The second-order valence-corrected chi connectivity index (χ2v) is 4.74. The second-order valence-electron chi connectivity index (χ2n) is 4.74. The van der Waals surface area contributed by atoms with Crippen molar-refractivity contribution in [2.75, 3.05) is 5.73 Å². The minimum absolute atomic E-state index is 0.429. The van der Waals surface area contributed by atoms with Crippen molar-refractivity contribution in [1.82, 2.24) is 19.9 Å². The van der Waals surface area contributed by atoms with E-state index < -0.39 is 0 Å². The van der Waals surface area contributed by atoms with Gasteiger partial charge in [-0.2, -0.15) is 10.1 Å². The van der Waals surface area contributed by atoms with Crippen LogP contribution in [0.3, 0.4) is 0 Å². The third kappa shape index (κ3) is 2.85. The highest BCUT2D eigenvalue weighted by atomic mass is 16.5. The van der Waals surface area contributed by atoms with Crippen LogP contribution >= 0.6 is 0 Å². The maximum atomic E-state index is 5.60. The molecule has 1 aromatic carbocycles. The lowest BCUT2D eigenvalue weighted by molar-refractivity contribution is 0.362. The summed E-state index contributed by atoms with van der Waals surface area (Å²) in [7, 11) is 0. The number of aryl methyl sites for hydroxylation is 1. The number of nitrogen functional groups attached to an aromatic ring is 1. The molecule has 0 unspecified atom stereocenters. The summed E-state index contributed by atoms with van der Waals surface area (Å²) in [5.74, 6) is 1.20. The monoisotopic (exact) mass is 269 g/mol. The molecule has 2 heterocycles. The van der Waals surface area contributed by atoms with Crippen molar-refractivity contribution in [1.29, 1.82) is 0 Å². The number of anilines is 1. The quantitative estimate of drug-likeness (QED) is 0.780. The van der Waals surface area contributed by atoms with Crippen LogP contribution in [-0.4, -0.2) is 19.9 Å². The molecule has 20 heavy (non-hydrogen) atoms. The number of benzene rings is 1. The predicted molar refractivity (Wildman–Crippen MR) is 74.0 cm³/mol. The Hall–Kier alpha value is -2.63. The summed E-state index contributed by atoms with van der Waals surface area (Å²) in [5, 5.41) is 8.07.